The Bertz CT molecular complexity index is 1600. The molecule has 0 aliphatic rings. The molecule has 0 saturated heterocycles. The molecule has 0 spiro atoms. The zero-order chi connectivity index (χ0) is 21.7. The fraction of sp³-hybridized carbons (Fsp3) is 0.0435. The SMILES string of the molecule is O=c1c2ccccc2n2c(=S)sc(-c3cccc(Cl)c3)c2n1Cc1ccc(F)cc1Cl. The highest BCUT2D eigenvalue weighted by molar-refractivity contribution is 7.73. The van der Waals surface area contributed by atoms with Crippen LogP contribution in [0.5, 0.6) is 0 Å². The van der Waals surface area contributed by atoms with Crippen molar-refractivity contribution in [2.45, 2.75) is 6.54 Å². The van der Waals surface area contributed by atoms with Crippen molar-refractivity contribution in [3.05, 3.63) is 102 Å². The minimum absolute atomic E-state index is 0.172. The van der Waals surface area contributed by atoms with Crippen LogP contribution in [0.4, 0.5) is 4.39 Å². The van der Waals surface area contributed by atoms with Crippen molar-refractivity contribution in [1.29, 1.82) is 0 Å². The first-order valence-electron chi connectivity index (χ1n) is 9.31. The summed E-state index contributed by atoms with van der Waals surface area (Å²) in [5.41, 5.74) is 2.71. The zero-order valence-corrected chi connectivity index (χ0v) is 19.0. The third-order valence-corrected chi connectivity index (χ3v) is 7.09. The third kappa shape index (κ3) is 3.49. The molecule has 2 heterocycles. The van der Waals surface area contributed by atoms with Gasteiger partial charge in [-0.3, -0.25) is 13.8 Å². The number of halogens is 3. The van der Waals surface area contributed by atoms with E-state index in [0.717, 1.165) is 16.0 Å². The molecule has 0 aliphatic heterocycles. The van der Waals surface area contributed by atoms with Crippen molar-refractivity contribution in [2.24, 2.45) is 0 Å². The Labute approximate surface area is 195 Å². The summed E-state index contributed by atoms with van der Waals surface area (Å²) in [7, 11) is 0. The smallest absolute Gasteiger partial charge is 0.261 e. The van der Waals surface area contributed by atoms with E-state index in [1.54, 1.807) is 22.8 Å². The number of thiazole rings is 1. The molecule has 8 heteroatoms. The van der Waals surface area contributed by atoms with Crippen LogP contribution in [0.2, 0.25) is 10.0 Å². The summed E-state index contributed by atoms with van der Waals surface area (Å²) in [5.74, 6) is -0.429. The maximum atomic E-state index is 13.6. The first-order valence-corrected chi connectivity index (χ1v) is 11.3. The second-order valence-corrected chi connectivity index (χ2v) is 9.50. The summed E-state index contributed by atoms with van der Waals surface area (Å²) in [4.78, 5) is 14.4. The largest absolute Gasteiger partial charge is 0.288 e. The van der Waals surface area contributed by atoms with Gasteiger partial charge in [0.1, 0.15) is 11.5 Å². The van der Waals surface area contributed by atoms with Gasteiger partial charge in [-0.25, -0.2) is 4.39 Å². The molecule has 0 unspecified atom stereocenters. The van der Waals surface area contributed by atoms with E-state index in [2.05, 4.69) is 0 Å². The van der Waals surface area contributed by atoms with Crippen LogP contribution in [-0.4, -0.2) is 8.97 Å². The standard InChI is InChI=1S/C23H13Cl2FN2OS2/c24-15-5-3-4-13(10-15)20-21-27(12-14-8-9-16(26)11-18(14)25)22(29)17-6-1-2-7-19(17)28(21)23(30)31-20/h1-11H,12H2. The lowest BCUT2D eigenvalue weighted by molar-refractivity contribution is 0.626. The van der Waals surface area contributed by atoms with Gasteiger partial charge in [0, 0.05) is 10.0 Å². The normalized spacial score (nSPS) is 11.5. The molecular formula is C23H13Cl2FN2OS2. The summed E-state index contributed by atoms with van der Waals surface area (Å²) >= 11 is 19.6. The Morgan fingerprint density at radius 1 is 1.00 bits per heavy atom. The molecule has 0 fully saturated rings. The average molecular weight is 487 g/mol. The monoisotopic (exact) mass is 486 g/mol. The zero-order valence-electron chi connectivity index (χ0n) is 15.8. The fourth-order valence-corrected chi connectivity index (χ4v) is 5.54. The van der Waals surface area contributed by atoms with Gasteiger partial charge in [-0.2, -0.15) is 0 Å². The number of hydrogen-bond donors (Lipinski definition) is 0. The van der Waals surface area contributed by atoms with Gasteiger partial charge in [-0.1, -0.05) is 53.5 Å². The van der Waals surface area contributed by atoms with Gasteiger partial charge in [-0.05, 0) is 59.7 Å². The van der Waals surface area contributed by atoms with Gasteiger partial charge in [0.25, 0.3) is 5.56 Å². The van der Waals surface area contributed by atoms with Crippen LogP contribution in [0, 0.1) is 9.77 Å². The Balaban J connectivity index is 1.91. The molecule has 2 aromatic heterocycles. The van der Waals surface area contributed by atoms with Crippen LogP contribution >= 0.6 is 46.8 Å². The molecule has 0 N–H and O–H groups in total. The van der Waals surface area contributed by atoms with E-state index in [-0.39, 0.29) is 17.1 Å². The molecule has 5 rings (SSSR count). The van der Waals surface area contributed by atoms with Crippen LogP contribution in [0.1, 0.15) is 5.56 Å². The van der Waals surface area contributed by atoms with Gasteiger partial charge in [0.15, 0.2) is 3.95 Å². The van der Waals surface area contributed by atoms with E-state index in [0.29, 0.717) is 25.6 Å². The van der Waals surface area contributed by atoms with Crippen LogP contribution in [0.3, 0.4) is 0 Å². The molecule has 3 aromatic carbocycles. The minimum Gasteiger partial charge on any atom is -0.288 e. The number of aromatic nitrogens is 2. The fourth-order valence-electron chi connectivity index (χ4n) is 3.70. The van der Waals surface area contributed by atoms with E-state index in [1.165, 1.54) is 23.5 Å². The highest BCUT2D eigenvalue weighted by atomic mass is 35.5. The van der Waals surface area contributed by atoms with Crippen molar-refractivity contribution in [3.8, 4) is 10.4 Å². The average Bonchev–Trinajstić information content (AvgIpc) is 3.10. The molecule has 0 atom stereocenters. The second-order valence-electron chi connectivity index (χ2n) is 7.01. The number of nitrogens with zero attached hydrogens (tertiary/aromatic N) is 2. The molecule has 0 radical (unpaired) electrons. The first kappa shape index (κ1) is 20.4. The van der Waals surface area contributed by atoms with Crippen molar-refractivity contribution in [1.82, 2.24) is 8.97 Å². The number of para-hydroxylation sites is 1. The number of fused-ring (bicyclic) bond motifs is 3. The molecule has 0 saturated carbocycles. The Morgan fingerprint density at radius 3 is 2.58 bits per heavy atom. The molecule has 5 aromatic rings. The van der Waals surface area contributed by atoms with Crippen molar-refractivity contribution in [3.63, 3.8) is 0 Å². The van der Waals surface area contributed by atoms with Gasteiger partial charge >= 0.3 is 0 Å². The summed E-state index contributed by atoms with van der Waals surface area (Å²) in [6, 6.07) is 19.0. The van der Waals surface area contributed by atoms with Crippen LogP contribution in [0.15, 0.2) is 71.5 Å². The van der Waals surface area contributed by atoms with E-state index in [1.807, 2.05) is 40.8 Å². The third-order valence-electron chi connectivity index (χ3n) is 5.09. The highest BCUT2D eigenvalue weighted by Crippen LogP contribution is 2.34. The summed E-state index contributed by atoms with van der Waals surface area (Å²) in [6.45, 7) is 0.172. The second kappa shape index (κ2) is 7.88. The van der Waals surface area contributed by atoms with Crippen molar-refractivity contribution < 1.29 is 4.39 Å². The van der Waals surface area contributed by atoms with E-state index < -0.39 is 5.82 Å². The predicted octanol–water partition coefficient (Wildman–Crippen LogP) is 7.21. The van der Waals surface area contributed by atoms with E-state index in [9.17, 15) is 9.18 Å². The summed E-state index contributed by atoms with van der Waals surface area (Å²) in [5, 5.41) is 1.39. The van der Waals surface area contributed by atoms with Crippen molar-refractivity contribution >= 4 is 63.3 Å². The maximum absolute atomic E-state index is 13.6. The topological polar surface area (TPSA) is 26.4 Å². The van der Waals surface area contributed by atoms with Gasteiger partial charge in [0.2, 0.25) is 0 Å². The predicted molar refractivity (Wildman–Crippen MR) is 129 cm³/mol. The van der Waals surface area contributed by atoms with Crippen LogP contribution in [0.25, 0.3) is 27.0 Å². The molecule has 0 bridgehead atoms. The molecule has 154 valence electrons. The number of rotatable bonds is 3. The van der Waals surface area contributed by atoms with Crippen molar-refractivity contribution in [2.75, 3.05) is 0 Å². The Hall–Kier alpha value is -2.51. The quantitative estimate of drug-likeness (QED) is 0.252. The summed E-state index contributed by atoms with van der Waals surface area (Å²) in [6.07, 6.45) is 0. The van der Waals surface area contributed by atoms with E-state index >= 15 is 0 Å². The lowest BCUT2D eigenvalue weighted by atomic mass is 10.1. The number of hydrogen-bond acceptors (Lipinski definition) is 3. The van der Waals surface area contributed by atoms with Gasteiger partial charge in [-0.15, -0.1) is 11.3 Å². The van der Waals surface area contributed by atoms with Crippen LogP contribution < -0.4 is 5.56 Å². The van der Waals surface area contributed by atoms with Crippen LogP contribution in [-0.2, 0) is 6.54 Å². The lowest BCUT2D eigenvalue weighted by Gasteiger charge is -2.14. The maximum Gasteiger partial charge on any atom is 0.261 e. The molecule has 0 aliphatic carbocycles. The number of benzene rings is 3. The Kier molecular flexibility index (Phi) is 5.18. The Morgan fingerprint density at radius 2 is 1.81 bits per heavy atom. The molecule has 3 nitrogen and oxygen atoms in total. The van der Waals surface area contributed by atoms with Gasteiger partial charge in [0.05, 0.1) is 22.3 Å². The van der Waals surface area contributed by atoms with Gasteiger partial charge < -0.3 is 0 Å². The minimum atomic E-state index is -0.429. The highest BCUT2D eigenvalue weighted by Gasteiger charge is 2.19. The molecule has 31 heavy (non-hydrogen) atoms. The molecular weight excluding hydrogens is 474 g/mol. The summed E-state index contributed by atoms with van der Waals surface area (Å²) < 4.78 is 17.7. The van der Waals surface area contributed by atoms with E-state index in [4.69, 9.17) is 35.4 Å². The lowest BCUT2D eigenvalue weighted by Crippen LogP contribution is -2.24. The first-order chi connectivity index (χ1) is 14.9. The molecule has 0 amide bonds.